The third-order valence-electron chi connectivity index (χ3n) is 2.69. The number of rotatable bonds is 3. The minimum atomic E-state index is -0.570. The molecular weight excluding hydrogens is 260 g/mol. The molecule has 0 atom stereocenters. The van der Waals surface area contributed by atoms with Gasteiger partial charge in [-0.15, -0.1) is 0 Å². The molecule has 0 fully saturated rings. The average molecular weight is 272 g/mol. The van der Waals surface area contributed by atoms with Gasteiger partial charge < -0.3 is 14.9 Å². The van der Waals surface area contributed by atoms with E-state index in [2.05, 4.69) is 10.1 Å². The predicted molar refractivity (Wildman–Crippen MR) is 71.5 cm³/mol. The minimum absolute atomic E-state index is 0.0501. The van der Waals surface area contributed by atoms with Gasteiger partial charge in [-0.2, -0.15) is 14.8 Å². The monoisotopic (exact) mass is 272 g/mol. The third kappa shape index (κ3) is 1.99. The normalized spacial score (nSPS) is 10.8. The maximum absolute atomic E-state index is 11.7. The van der Waals surface area contributed by atoms with Gasteiger partial charge in [0.2, 0.25) is 0 Å². The summed E-state index contributed by atoms with van der Waals surface area (Å²) < 4.78 is 11.7. The molecule has 3 rings (SSSR count). The number of oxazole rings is 1. The van der Waals surface area contributed by atoms with Crippen LogP contribution in [0.25, 0.3) is 17.1 Å². The van der Waals surface area contributed by atoms with Crippen molar-refractivity contribution < 1.29 is 13.9 Å². The Morgan fingerprint density at radius 2 is 2.25 bits per heavy atom. The number of benzene rings is 1. The first-order valence-corrected chi connectivity index (χ1v) is 6.07. The zero-order valence-electron chi connectivity index (χ0n) is 10.7. The molecule has 2 aromatic heterocycles. The number of para-hydroxylation sites is 2. The fraction of sp³-hybridized carbons (Fsp3) is 0.154. The Morgan fingerprint density at radius 3 is 3.00 bits per heavy atom. The van der Waals surface area contributed by atoms with Crippen molar-refractivity contribution in [3.63, 3.8) is 0 Å². The summed E-state index contributed by atoms with van der Waals surface area (Å²) in [6.07, 6.45) is 1.47. The van der Waals surface area contributed by atoms with Crippen LogP contribution in [-0.2, 0) is 4.74 Å². The number of nitrogen functional groups attached to an aromatic ring is 1. The molecule has 0 spiro atoms. The second-order valence-corrected chi connectivity index (χ2v) is 4.06. The first kappa shape index (κ1) is 12.2. The van der Waals surface area contributed by atoms with Crippen LogP contribution in [-0.4, -0.2) is 27.3 Å². The fourth-order valence-electron chi connectivity index (χ4n) is 1.80. The van der Waals surface area contributed by atoms with E-state index in [1.165, 1.54) is 10.9 Å². The van der Waals surface area contributed by atoms with Gasteiger partial charge in [0.15, 0.2) is 11.3 Å². The van der Waals surface area contributed by atoms with Gasteiger partial charge >= 0.3 is 12.0 Å². The minimum Gasteiger partial charge on any atom is -0.461 e. The first-order valence-electron chi connectivity index (χ1n) is 6.07. The van der Waals surface area contributed by atoms with Crippen molar-refractivity contribution in [2.24, 2.45) is 0 Å². The van der Waals surface area contributed by atoms with Crippen molar-refractivity contribution in [2.75, 3.05) is 12.3 Å². The molecule has 102 valence electrons. The molecule has 7 nitrogen and oxygen atoms in total. The van der Waals surface area contributed by atoms with Gasteiger partial charge in [0.25, 0.3) is 0 Å². The highest BCUT2D eigenvalue weighted by Crippen LogP contribution is 2.19. The van der Waals surface area contributed by atoms with Crippen molar-refractivity contribution in [3.8, 4) is 6.01 Å². The zero-order chi connectivity index (χ0) is 14.1. The largest absolute Gasteiger partial charge is 0.461 e. The Bertz CT molecular complexity index is 742. The number of nitrogens with zero attached hydrogens (tertiary/aromatic N) is 3. The molecule has 0 aliphatic carbocycles. The number of hydrogen-bond acceptors (Lipinski definition) is 6. The number of fused-ring (bicyclic) bond motifs is 1. The molecule has 0 radical (unpaired) electrons. The highest BCUT2D eigenvalue weighted by atomic mass is 16.5. The summed E-state index contributed by atoms with van der Waals surface area (Å²) in [5.74, 6) is -0.570. The molecule has 0 unspecified atom stereocenters. The Balaban J connectivity index is 2.02. The van der Waals surface area contributed by atoms with Crippen LogP contribution in [0.4, 0.5) is 5.69 Å². The van der Waals surface area contributed by atoms with E-state index in [0.717, 1.165) is 0 Å². The summed E-state index contributed by atoms with van der Waals surface area (Å²) in [6.45, 7) is 1.97. The van der Waals surface area contributed by atoms with Gasteiger partial charge in [0.05, 0.1) is 18.5 Å². The Hall–Kier alpha value is -2.83. The van der Waals surface area contributed by atoms with Gasteiger partial charge in [-0.05, 0) is 19.1 Å². The molecule has 2 heterocycles. The molecule has 0 bridgehead atoms. The molecule has 0 aliphatic heterocycles. The Morgan fingerprint density at radius 1 is 1.45 bits per heavy atom. The molecule has 20 heavy (non-hydrogen) atoms. The average Bonchev–Trinajstić information content (AvgIpc) is 3.02. The summed E-state index contributed by atoms with van der Waals surface area (Å²) in [6, 6.07) is 7.56. The maximum atomic E-state index is 11.7. The van der Waals surface area contributed by atoms with Crippen LogP contribution >= 0.6 is 0 Å². The summed E-state index contributed by atoms with van der Waals surface area (Å²) in [5.41, 5.74) is 7.35. The number of esters is 1. The fourth-order valence-corrected chi connectivity index (χ4v) is 1.80. The van der Waals surface area contributed by atoms with E-state index < -0.39 is 5.97 Å². The van der Waals surface area contributed by atoms with Crippen LogP contribution in [0.1, 0.15) is 17.4 Å². The molecule has 0 saturated carbocycles. The van der Waals surface area contributed by atoms with Gasteiger partial charge in [-0.25, -0.2) is 4.79 Å². The maximum Gasteiger partial charge on any atom is 0.361 e. The van der Waals surface area contributed by atoms with Crippen molar-refractivity contribution in [2.45, 2.75) is 6.92 Å². The summed E-state index contributed by atoms with van der Waals surface area (Å²) >= 11 is 0. The Kier molecular flexibility index (Phi) is 2.86. The molecule has 0 aliphatic rings. The van der Waals surface area contributed by atoms with Gasteiger partial charge in [-0.1, -0.05) is 12.1 Å². The van der Waals surface area contributed by atoms with E-state index in [-0.39, 0.29) is 24.0 Å². The Labute approximate surface area is 114 Å². The SMILES string of the molecule is CCOC(=O)c1nn(-c2nc3ccccc3o2)cc1N. The number of aromatic nitrogens is 3. The second kappa shape index (κ2) is 4.69. The molecule has 0 amide bonds. The summed E-state index contributed by atoms with van der Waals surface area (Å²) in [7, 11) is 0. The van der Waals surface area contributed by atoms with E-state index in [1.807, 2.05) is 18.2 Å². The molecular formula is C13H12N4O3. The van der Waals surface area contributed by atoms with E-state index in [9.17, 15) is 4.79 Å². The molecule has 7 heteroatoms. The quantitative estimate of drug-likeness (QED) is 0.730. The standard InChI is InChI=1S/C13H12N4O3/c1-2-19-12(18)11-8(14)7-17(16-11)13-15-9-5-3-4-6-10(9)20-13/h3-7H,2,14H2,1H3. The zero-order valence-corrected chi connectivity index (χ0v) is 10.7. The third-order valence-corrected chi connectivity index (χ3v) is 2.69. The molecule has 2 N–H and O–H groups in total. The van der Waals surface area contributed by atoms with E-state index in [1.54, 1.807) is 13.0 Å². The number of hydrogen-bond donors (Lipinski definition) is 1. The summed E-state index contributed by atoms with van der Waals surface area (Å²) in [4.78, 5) is 15.9. The van der Waals surface area contributed by atoms with Crippen LogP contribution in [0.15, 0.2) is 34.9 Å². The number of anilines is 1. The van der Waals surface area contributed by atoms with Gasteiger partial charge in [-0.3, -0.25) is 0 Å². The van der Waals surface area contributed by atoms with Crippen LogP contribution in [0, 0.1) is 0 Å². The van der Waals surface area contributed by atoms with Gasteiger partial charge in [0, 0.05) is 0 Å². The highest BCUT2D eigenvalue weighted by Gasteiger charge is 2.18. The highest BCUT2D eigenvalue weighted by molar-refractivity contribution is 5.92. The van der Waals surface area contributed by atoms with Crippen molar-refractivity contribution in [1.82, 2.24) is 14.8 Å². The van der Waals surface area contributed by atoms with Crippen LogP contribution in [0.5, 0.6) is 0 Å². The van der Waals surface area contributed by atoms with Crippen molar-refractivity contribution >= 4 is 22.8 Å². The number of carbonyl (C=O) groups is 1. The molecule has 3 aromatic rings. The lowest BCUT2D eigenvalue weighted by Gasteiger charge is -1.97. The van der Waals surface area contributed by atoms with E-state index >= 15 is 0 Å². The molecule has 0 saturated heterocycles. The smallest absolute Gasteiger partial charge is 0.361 e. The topological polar surface area (TPSA) is 96.2 Å². The molecule has 1 aromatic carbocycles. The number of nitrogens with two attached hydrogens (primary N) is 1. The van der Waals surface area contributed by atoms with Crippen molar-refractivity contribution in [3.05, 3.63) is 36.2 Å². The lowest BCUT2D eigenvalue weighted by Crippen LogP contribution is -2.08. The predicted octanol–water partition coefficient (Wildman–Crippen LogP) is 1.77. The lowest BCUT2D eigenvalue weighted by atomic mass is 10.3. The van der Waals surface area contributed by atoms with Crippen molar-refractivity contribution in [1.29, 1.82) is 0 Å². The number of carbonyl (C=O) groups excluding carboxylic acids is 1. The van der Waals surface area contributed by atoms with Crippen LogP contribution in [0.2, 0.25) is 0 Å². The van der Waals surface area contributed by atoms with Gasteiger partial charge in [0.1, 0.15) is 5.52 Å². The van der Waals surface area contributed by atoms with Crippen LogP contribution in [0.3, 0.4) is 0 Å². The first-order chi connectivity index (χ1) is 9.69. The summed E-state index contributed by atoms with van der Waals surface area (Å²) in [5, 5.41) is 4.05. The van der Waals surface area contributed by atoms with E-state index in [0.29, 0.717) is 11.1 Å². The number of ether oxygens (including phenoxy) is 1. The second-order valence-electron chi connectivity index (χ2n) is 4.06. The van der Waals surface area contributed by atoms with Crippen LogP contribution < -0.4 is 5.73 Å². The lowest BCUT2D eigenvalue weighted by molar-refractivity contribution is 0.0520. The van der Waals surface area contributed by atoms with E-state index in [4.69, 9.17) is 14.9 Å².